The Bertz CT molecular complexity index is 1930. The lowest BCUT2D eigenvalue weighted by atomic mass is 9.82. The molecule has 1 aliphatic rings. The molecule has 1 heterocycles. The van der Waals surface area contributed by atoms with Gasteiger partial charge in [-0.3, -0.25) is 4.99 Å². The predicted molar refractivity (Wildman–Crippen MR) is 174 cm³/mol. The number of aliphatic imine (C=N–C) groups is 2. The lowest BCUT2D eigenvalue weighted by molar-refractivity contribution is 0.533. The number of amidine groups is 1. The molecule has 2 unspecified atom stereocenters. The van der Waals surface area contributed by atoms with E-state index < -0.39 is 0 Å². The zero-order valence-electron chi connectivity index (χ0n) is 22.8. The molecule has 6 aromatic rings. The Labute approximate surface area is 245 Å². The average molecular weight is 549 g/mol. The normalized spacial score (nSPS) is 16.9. The Kier molecular flexibility index (Phi) is 6.70. The van der Waals surface area contributed by atoms with E-state index in [-0.39, 0.29) is 12.0 Å². The quantitative estimate of drug-likeness (QED) is 0.205. The van der Waals surface area contributed by atoms with E-state index >= 15 is 0 Å². The molecule has 0 saturated carbocycles. The van der Waals surface area contributed by atoms with Gasteiger partial charge in [0.1, 0.15) is 0 Å². The van der Waals surface area contributed by atoms with Crippen LogP contribution in [0.25, 0.3) is 32.7 Å². The number of halogens is 1. The van der Waals surface area contributed by atoms with E-state index in [1.807, 2.05) is 24.3 Å². The van der Waals surface area contributed by atoms with Gasteiger partial charge in [0.05, 0.1) is 11.8 Å². The molecular formula is C38H29ClN2. The van der Waals surface area contributed by atoms with Crippen LogP contribution in [0.1, 0.15) is 36.1 Å². The van der Waals surface area contributed by atoms with Crippen LogP contribution >= 0.6 is 11.6 Å². The molecule has 0 aromatic heterocycles. The fraction of sp³-hybridized carbons (Fsp3) is 0.105. The molecule has 0 aliphatic carbocycles. The highest BCUT2D eigenvalue weighted by atomic mass is 35.5. The summed E-state index contributed by atoms with van der Waals surface area (Å²) in [7, 11) is 0. The Hall–Kier alpha value is -4.53. The highest BCUT2D eigenvalue weighted by molar-refractivity contribution is 6.30. The predicted octanol–water partition coefficient (Wildman–Crippen LogP) is 10.3. The fourth-order valence-corrected chi connectivity index (χ4v) is 6.06. The van der Waals surface area contributed by atoms with Gasteiger partial charge in [0.25, 0.3) is 0 Å². The van der Waals surface area contributed by atoms with Crippen molar-refractivity contribution in [2.75, 3.05) is 0 Å². The first kappa shape index (κ1) is 25.4. The lowest BCUT2D eigenvalue weighted by Crippen LogP contribution is -2.28. The average Bonchev–Trinajstić information content (AvgIpc) is 3.04. The van der Waals surface area contributed by atoms with E-state index in [1.165, 1.54) is 27.1 Å². The van der Waals surface area contributed by atoms with Crippen LogP contribution in [0.5, 0.6) is 0 Å². The molecule has 0 amide bonds. The van der Waals surface area contributed by atoms with Crippen molar-refractivity contribution in [2.24, 2.45) is 15.9 Å². The van der Waals surface area contributed by atoms with Crippen LogP contribution in [-0.2, 0) is 0 Å². The van der Waals surface area contributed by atoms with Crippen molar-refractivity contribution >= 4 is 44.7 Å². The number of hydrogen-bond donors (Lipinski definition) is 0. The number of nitrogens with zero attached hydrogens (tertiary/aromatic N) is 2. The highest BCUT2D eigenvalue weighted by Crippen LogP contribution is 2.38. The van der Waals surface area contributed by atoms with Crippen LogP contribution in [0.2, 0.25) is 5.02 Å². The van der Waals surface area contributed by atoms with Crippen LogP contribution in [-0.4, -0.2) is 11.5 Å². The first-order valence-corrected chi connectivity index (χ1v) is 14.5. The third-order valence-electron chi connectivity index (χ3n) is 8.14. The summed E-state index contributed by atoms with van der Waals surface area (Å²) >= 11 is 6.11. The summed E-state index contributed by atoms with van der Waals surface area (Å²) in [6.07, 6.45) is 0.940. The van der Waals surface area contributed by atoms with Gasteiger partial charge in [-0.1, -0.05) is 128 Å². The fourth-order valence-electron chi connectivity index (χ4n) is 5.93. The molecule has 3 heteroatoms. The third kappa shape index (κ3) is 4.96. The molecule has 0 radical (unpaired) electrons. The van der Waals surface area contributed by atoms with E-state index in [1.54, 1.807) is 0 Å². The van der Waals surface area contributed by atoms with Gasteiger partial charge in [-0.05, 0) is 74.5 Å². The monoisotopic (exact) mass is 548 g/mol. The first-order valence-electron chi connectivity index (χ1n) is 14.2. The zero-order valence-corrected chi connectivity index (χ0v) is 23.6. The summed E-state index contributed by atoms with van der Waals surface area (Å²) in [4.78, 5) is 10.6. The van der Waals surface area contributed by atoms with Gasteiger partial charge in [0.15, 0.2) is 5.84 Å². The minimum Gasteiger partial charge on any atom is -0.257 e. The largest absolute Gasteiger partial charge is 0.257 e. The number of hydrogen-bond acceptors (Lipinski definition) is 2. The number of rotatable bonds is 5. The first-order chi connectivity index (χ1) is 20.2. The van der Waals surface area contributed by atoms with Crippen LogP contribution in [0, 0.1) is 5.92 Å². The van der Waals surface area contributed by atoms with Crippen molar-refractivity contribution in [1.29, 1.82) is 0 Å². The van der Waals surface area contributed by atoms with Crippen LogP contribution < -0.4 is 0 Å². The highest BCUT2D eigenvalue weighted by Gasteiger charge is 2.32. The van der Waals surface area contributed by atoms with Crippen molar-refractivity contribution in [3.63, 3.8) is 0 Å². The Morgan fingerprint density at radius 3 is 1.76 bits per heavy atom. The van der Waals surface area contributed by atoms with Crippen molar-refractivity contribution in [3.05, 3.63) is 155 Å². The van der Waals surface area contributed by atoms with Gasteiger partial charge in [-0.25, -0.2) is 4.99 Å². The minimum absolute atomic E-state index is 0.0329. The summed E-state index contributed by atoms with van der Waals surface area (Å²) in [5.74, 6) is 0.938. The maximum atomic E-state index is 6.11. The molecule has 0 fully saturated rings. The van der Waals surface area contributed by atoms with Gasteiger partial charge in [-0.15, -0.1) is 0 Å². The lowest BCUT2D eigenvalue weighted by Gasteiger charge is -2.30. The SMILES string of the molecule is CCC1C(c2ccc3ccccc3c2)=NC(c2ccc(-c3ccc(Cl)cc3)cc2)=NC1c1ccc2ccccc2c1. The Balaban J connectivity index is 1.35. The van der Waals surface area contributed by atoms with Gasteiger partial charge >= 0.3 is 0 Å². The maximum absolute atomic E-state index is 6.11. The molecule has 2 atom stereocenters. The van der Waals surface area contributed by atoms with Gasteiger partial charge in [0, 0.05) is 16.5 Å². The molecular weight excluding hydrogens is 520 g/mol. The molecule has 0 bridgehead atoms. The van der Waals surface area contributed by atoms with E-state index in [4.69, 9.17) is 21.6 Å². The minimum atomic E-state index is -0.0329. The summed E-state index contributed by atoms with van der Waals surface area (Å²) < 4.78 is 0. The summed E-state index contributed by atoms with van der Waals surface area (Å²) in [6.45, 7) is 2.25. The molecule has 198 valence electrons. The van der Waals surface area contributed by atoms with Crippen LogP contribution in [0.15, 0.2) is 143 Å². The third-order valence-corrected chi connectivity index (χ3v) is 8.39. The molecule has 0 saturated heterocycles. The second-order valence-corrected chi connectivity index (χ2v) is 11.1. The van der Waals surface area contributed by atoms with E-state index in [0.717, 1.165) is 45.2 Å². The second-order valence-electron chi connectivity index (χ2n) is 10.7. The van der Waals surface area contributed by atoms with Crippen molar-refractivity contribution < 1.29 is 0 Å². The van der Waals surface area contributed by atoms with Crippen LogP contribution in [0.4, 0.5) is 0 Å². The maximum Gasteiger partial charge on any atom is 0.155 e. The van der Waals surface area contributed by atoms with E-state index in [0.29, 0.717) is 0 Å². The molecule has 0 N–H and O–H groups in total. The molecule has 41 heavy (non-hydrogen) atoms. The Morgan fingerprint density at radius 1 is 0.561 bits per heavy atom. The zero-order chi connectivity index (χ0) is 27.8. The molecule has 6 aromatic carbocycles. The van der Waals surface area contributed by atoms with Crippen molar-refractivity contribution in [1.82, 2.24) is 0 Å². The molecule has 1 aliphatic heterocycles. The van der Waals surface area contributed by atoms with Crippen molar-refractivity contribution in [2.45, 2.75) is 19.4 Å². The smallest absolute Gasteiger partial charge is 0.155 e. The molecule has 7 rings (SSSR count). The van der Waals surface area contributed by atoms with Crippen LogP contribution in [0.3, 0.4) is 0 Å². The topological polar surface area (TPSA) is 24.7 Å². The summed E-state index contributed by atoms with van der Waals surface area (Å²) in [6, 6.07) is 47.0. The van der Waals surface area contributed by atoms with Gasteiger partial charge in [-0.2, -0.15) is 0 Å². The van der Waals surface area contributed by atoms with Gasteiger partial charge < -0.3 is 0 Å². The Morgan fingerprint density at radius 2 is 1.10 bits per heavy atom. The molecule has 2 nitrogen and oxygen atoms in total. The standard InChI is InChI=1S/C38H29ClN2/c1-2-35-36(32-17-13-25-7-3-5-9-30(25)23-32)40-38(29-15-11-27(12-16-29)28-19-21-34(39)22-20-28)41-37(35)33-18-14-26-8-4-6-10-31(26)24-33/h3-24,35-36H,2H2,1H3. The summed E-state index contributed by atoms with van der Waals surface area (Å²) in [5, 5.41) is 5.67. The van der Waals surface area contributed by atoms with E-state index in [9.17, 15) is 0 Å². The number of benzene rings is 6. The van der Waals surface area contributed by atoms with E-state index in [2.05, 4.69) is 116 Å². The molecule has 0 spiro atoms. The summed E-state index contributed by atoms with van der Waals surface area (Å²) in [5.41, 5.74) is 6.76. The van der Waals surface area contributed by atoms with Gasteiger partial charge in [0.2, 0.25) is 0 Å². The second kappa shape index (κ2) is 10.8. The van der Waals surface area contributed by atoms with Crippen molar-refractivity contribution in [3.8, 4) is 11.1 Å². The number of fused-ring (bicyclic) bond motifs is 2.